The Hall–Kier alpha value is -6.03. The van der Waals surface area contributed by atoms with Crippen molar-refractivity contribution in [3.05, 3.63) is 103 Å². The molecule has 12 nitrogen and oxygen atoms in total. The number of halogens is 4. The minimum atomic E-state index is -5.08. The maximum Gasteiger partial charge on any atom is 0.490 e. The third-order valence-corrected chi connectivity index (χ3v) is 7.03. The van der Waals surface area contributed by atoms with Gasteiger partial charge < -0.3 is 30.1 Å². The molecule has 0 saturated carbocycles. The lowest BCUT2D eigenvalue weighted by Gasteiger charge is -2.30. The molecule has 0 unspecified atom stereocenters. The molecule has 6 rings (SSSR count). The fourth-order valence-electron chi connectivity index (χ4n) is 4.70. The SMILES string of the molecule is COc1cc(NC(=O)c2cccc(-n3cc(Nc4ncc(F)c(-c5ccccc5)n4)cn3)c2)ccc1N1CCOCC1.O=C(O)C(F)(F)F. The Morgan fingerprint density at radius 1 is 0.959 bits per heavy atom. The number of morpholine rings is 1. The van der Waals surface area contributed by atoms with Gasteiger partial charge in [0.25, 0.3) is 5.91 Å². The molecule has 0 radical (unpaired) electrons. The minimum absolute atomic E-state index is 0.201. The first kappa shape index (κ1) is 34.3. The second-order valence-corrected chi connectivity index (χ2v) is 10.3. The van der Waals surface area contributed by atoms with Crippen LogP contribution >= 0.6 is 0 Å². The molecule has 49 heavy (non-hydrogen) atoms. The number of nitrogens with one attached hydrogen (secondary N) is 2. The highest BCUT2D eigenvalue weighted by Gasteiger charge is 2.38. The van der Waals surface area contributed by atoms with Gasteiger partial charge in [0.2, 0.25) is 5.95 Å². The highest BCUT2D eigenvalue weighted by atomic mass is 19.4. The fourth-order valence-corrected chi connectivity index (χ4v) is 4.70. The number of aliphatic carboxylic acids is 1. The number of aromatic nitrogens is 4. The summed E-state index contributed by atoms with van der Waals surface area (Å²) >= 11 is 0. The Balaban J connectivity index is 0.000000606. The summed E-state index contributed by atoms with van der Waals surface area (Å²) in [5.41, 5.74) is 4.18. The molecular weight excluding hydrogens is 650 g/mol. The van der Waals surface area contributed by atoms with E-state index in [-0.39, 0.29) is 17.5 Å². The van der Waals surface area contributed by atoms with Crippen molar-refractivity contribution in [2.75, 3.05) is 48.9 Å². The Bertz CT molecular complexity index is 1920. The third kappa shape index (κ3) is 8.86. The van der Waals surface area contributed by atoms with Gasteiger partial charge in [-0.15, -0.1) is 0 Å². The van der Waals surface area contributed by atoms with Gasteiger partial charge in [0, 0.05) is 36.0 Å². The largest absolute Gasteiger partial charge is 0.495 e. The second kappa shape index (κ2) is 15.2. The number of amides is 1. The third-order valence-electron chi connectivity index (χ3n) is 7.03. The van der Waals surface area contributed by atoms with E-state index in [1.807, 2.05) is 42.5 Å². The van der Waals surface area contributed by atoms with Gasteiger partial charge in [-0.25, -0.2) is 23.8 Å². The number of benzene rings is 3. The first-order valence-corrected chi connectivity index (χ1v) is 14.6. The fraction of sp³-hybridized carbons (Fsp3) is 0.182. The second-order valence-electron chi connectivity index (χ2n) is 10.3. The van der Waals surface area contributed by atoms with Crippen molar-refractivity contribution in [2.24, 2.45) is 0 Å². The molecule has 254 valence electrons. The molecule has 16 heteroatoms. The summed E-state index contributed by atoms with van der Waals surface area (Å²) in [5, 5.41) is 17.5. The number of carbonyl (C=O) groups is 2. The molecule has 0 spiro atoms. The van der Waals surface area contributed by atoms with Crippen LogP contribution in [0.5, 0.6) is 5.75 Å². The van der Waals surface area contributed by atoms with Crippen LogP contribution in [-0.2, 0) is 9.53 Å². The van der Waals surface area contributed by atoms with Crippen LogP contribution in [0.25, 0.3) is 16.9 Å². The molecule has 0 atom stereocenters. The van der Waals surface area contributed by atoms with Crippen molar-refractivity contribution in [1.29, 1.82) is 0 Å². The van der Waals surface area contributed by atoms with Crippen LogP contribution in [-0.4, -0.2) is 76.3 Å². The number of rotatable bonds is 8. The van der Waals surface area contributed by atoms with E-state index >= 15 is 0 Å². The molecule has 3 N–H and O–H groups in total. The van der Waals surface area contributed by atoms with Gasteiger partial charge in [0.15, 0.2) is 5.82 Å². The maximum atomic E-state index is 14.4. The van der Waals surface area contributed by atoms with Crippen molar-refractivity contribution in [2.45, 2.75) is 6.18 Å². The van der Waals surface area contributed by atoms with Crippen LogP contribution < -0.4 is 20.3 Å². The first-order chi connectivity index (χ1) is 23.5. The molecule has 1 aliphatic heterocycles. The molecule has 3 aromatic carbocycles. The number of nitrogens with zero attached hydrogens (tertiary/aromatic N) is 5. The minimum Gasteiger partial charge on any atom is -0.495 e. The lowest BCUT2D eigenvalue weighted by atomic mass is 10.1. The number of methoxy groups -OCH3 is 1. The summed E-state index contributed by atoms with van der Waals surface area (Å²) in [6.07, 6.45) is -0.610. The van der Waals surface area contributed by atoms with Gasteiger partial charge in [-0.05, 0) is 30.3 Å². The predicted molar refractivity (Wildman–Crippen MR) is 172 cm³/mol. The number of carboxylic acids is 1. The standard InChI is InChI=1S/C31H28FN7O3.C2HF3O2/c1-41-28-17-23(10-11-27(28)38-12-14-42-15-13-38)35-30(40)22-8-5-9-25(16-22)39-20-24(18-34-39)36-31-33-19-26(32)29(37-31)21-6-3-2-4-7-21;3-2(4,5)1(6)7/h2-11,16-20H,12-15H2,1H3,(H,35,40)(H,33,36,37);(H,6,7). The summed E-state index contributed by atoms with van der Waals surface area (Å²) in [5.74, 6) is -2.62. The summed E-state index contributed by atoms with van der Waals surface area (Å²) < 4.78 is 58.8. The Kier molecular flexibility index (Phi) is 10.7. The highest BCUT2D eigenvalue weighted by Crippen LogP contribution is 2.32. The van der Waals surface area contributed by atoms with Crippen molar-refractivity contribution >= 4 is 34.9 Å². The Labute approximate surface area is 276 Å². The van der Waals surface area contributed by atoms with Gasteiger partial charge >= 0.3 is 12.1 Å². The monoisotopic (exact) mass is 679 g/mol. The smallest absolute Gasteiger partial charge is 0.490 e. The van der Waals surface area contributed by atoms with Crippen LogP contribution in [0.3, 0.4) is 0 Å². The highest BCUT2D eigenvalue weighted by molar-refractivity contribution is 6.04. The van der Waals surface area contributed by atoms with Crippen molar-refractivity contribution < 1.29 is 41.7 Å². The normalized spacial score (nSPS) is 12.8. The van der Waals surface area contributed by atoms with E-state index in [1.165, 1.54) is 0 Å². The number of anilines is 4. The summed E-state index contributed by atoms with van der Waals surface area (Å²) in [6, 6.07) is 21.8. The summed E-state index contributed by atoms with van der Waals surface area (Å²) in [7, 11) is 1.62. The van der Waals surface area contributed by atoms with Crippen molar-refractivity contribution in [1.82, 2.24) is 19.7 Å². The van der Waals surface area contributed by atoms with E-state index in [2.05, 4.69) is 30.6 Å². The topological polar surface area (TPSA) is 144 Å². The maximum absolute atomic E-state index is 14.4. The molecule has 2 aromatic heterocycles. The van der Waals surface area contributed by atoms with E-state index in [1.54, 1.807) is 54.5 Å². The van der Waals surface area contributed by atoms with Crippen LogP contribution in [0.1, 0.15) is 10.4 Å². The van der Waals surface area contributed by atoms with Gasteiger partial charge in [0.05, 0.1) is 56.0 Å². The number of carboxylic acid groups (broad SMARTS) is 1. The quantitative estimate of drug-likeness (QED) is 0.169. The van der Waals surface area contributed by atoms with E-state index < -0.39 is 18.0 Å². The van der Waals surface area contributed by atoms with Gasteiger partial charge in [-0.3, -0.25) is 4.79 Å². The lowest BCUT2D eigenvalue weighted by Crippen LogP contribution is -2.36. The molecule has 1 saturated heterocycles. The molecule has 0 aliphatic carbocycles. The molecule has 3 heterocycles. The zero-order chi connectivity index (χ0) is 35.0. The molecule has 1 aliphatic rings. The number of ether oxygens (including phenoxy) is 2. The molecule has 1 fully saturated rings. The Morgan fingerprint density at radius 3 is 2.39 bits per heavy atom. The van der Waals surface area contributed by atoms with E-state index in [0.29, 0.717) is 47.2 Å². The van der Waals surface area contributed by atoms with Crippen LogP contribution in [0.2, 0.25) is 0 Å². The average molecular weight is 680 g/mol. The van der Waals surface area contributed by atoms with Crippen LogP contribution in [0, 0.1) is 5.82 Å². The van der Waals surface area contributed by atoms with Crippen LogP contribution in [0.4, 0.5) is 40.6 Å². The van der Waals surface area contributed by atoms with E-state index in [9.17, 15) is 22.4 Å². The molecule has 1 amide bonds. The summed E-state index contributed by atoms with van der Waals surface area (Å²) in [6.45, 7) is 2.90. The predicted octanol–water partition coefficient (Wildman–Crippen LogP) is 5.94. The van der Waals surface area contributed by atoms with Gasteiger partial charge in [-0.2, -0.15) is 18.3 Å². The van der Waals surface area contributed by atoms with Crippen molar-refractivity contribution in [3.8, 4) is 22.7 Å². The van der Waals surface area contributed by atoms with Gasteiger partial charge in [0.1, 0.15) is 11.4 Å². The van der Waals surface area contributed by atoms with E-state index in [4.69, 9.17) is 19.4 Å². The summed E-state index contributed by atoms with van der Waals surface area (Å²) in [4.78, 5) is 32.6. The number of alkyl halides is 3. The zero-order valence-electron chi connectivity index (χ0n) is 25.8. The molecule has 0 bridgehead atoms. The van der Waals surface area contributed by atoms with Gasteiger partial charge in [-0.1, -0.05) is 36.4 Å². The average Bonchev–Trinajstić information content (AvgIpc) is 3.58. The number of hydrogen-bond acceptors (Lipinski definition) is 9. The number of carbonyl (C=O) groups excluding carboxylic acids is 1. The van der Waals surface area contributed by atoms with E-state index in [0.717, 1.165) is 25.0 Å². The van der Waals surface area contributed by atoms with Crippen molar-refractivity contribution in [3.63, 3.8) is 0 Å². The number of hydrogen-bond donors (Lipinski definition) is 3. The van der Waals surface area contributed by atoms with Crippen LogP contribution in [0.15, 0.2) is 91.4 Å². The lowest BCUT2D eigenvalue weighted by molar-refractivity contribution is -0.192. The first-order valence-electron chi connectivity index (χ1n) is 14.6. The Morgan fingerprint density at radius 2 is 1.69 bits per heavy atom. The molecule has 5 aromatic rings. The molecular formula is C33H29F4N7O5. The zero-order valence-corrected chi connectivity index (χ0v) is 25.8.